The minimum absolute atomic E-state index is 0.775. The molecule has 0 aliphatic carbocycles. The van der Waals surface area contributed by atoms with Crippen LogP contribution in [0.1, 0.15) is 5.82 Å². The molecule has 47 heavy (non-hydrogen) atoms. The van der Waals surface area contributed by atoms with E-state index in [9.17, 15) is 0 Å². The Balaban J connectivity index is 1.32. The Hall–Kier alpha value is -6.12. The molecule has 2 heteroatoms. The van der Waals surface area contributed by atoms with E-state index in [4.69, 9.17) is 0 Å². The lowest BCUT2D eigenvalue weighted by Crippen LogP contribution is -1.92. The van der Waals surface area contributed by atoms with Crippen LogP contribution in [0.5, 0.6) is 0 Å². The molecule has 0 N–H and O–H groups in total. The van der Waals surface area contributed by atoms with E-state index in [0.717, 1.165) is 17.1 Å². The molecule has 0 aliphatic heterocycles. The fraction of sp³-hybridized carbons (Fsp3) is 0.0222. The maximum absolute atomic E-state index is 4.63. The summed E-state index contributed by atoms with van der Waals surface area (Å²) in [5.41, 5.74) is 9.37. The zero-order valence-electron chi connectivity index (χ0n) is 26.0. The number of aryl methyl sites for hydroxylation is 1. The predicted molar refractivity (Wildman–Crippen MR) is 199 cm³/mol. The van der Waals surface area contributed by atoms with Gasteiger partial charge in [0.15, 0.2) is 0 Å². The number of hydrogen-bond donors (Lipinski definition) is 0. The Morgan fingerprint density at radius 1 is 0.362 bits per heavy atom. The summed E-state index contributed by atoms with van der Waals surface area (Å²) >= 11 is 0. The van der Waals surface area contributed by atoms with Gasteiger partial charge in [-0.1, -0.05) is 133 Å². The third-order valence-corrected chi connectivity index (χ3v) is 9.39. The van der Waals surface area contributed by atoms with Gasteiger partial charge in [-0.25, -0.2) is 9.97 Å². The van der Waals surface area contributed by atoms with Crippen molar-refractivity contribution in [2.45, 2.75) is 6.92 Å². The smallest absolute Gasteiger partial charge is 0.125 e. The van der Waals surface area contributed by atoms with Crippen LogP contribution in [0.2, 0.25) is 0 Å². The quantitative estimate of drug-likeness (QED) is 0.188. The van der Waals surface area contributed by atoms with Gasteiger partial charge in [0.1, 0.15) is 5.82 Å². The van der Waals surface area contributed by atoms with E-state index in [1.54, 1.807) is 0 Å². The minimum atomic E-state index is 0.775. The highest BCUT2D eigenvalue weighted by molar-refractivity contribution is 6.22. The molecule has 1 aromatic heterocycles. The van der Waals surface area contributed by atoms with E-state index in [0.29, 0.717) is 0 Å². The Bertz CT molecular complexity index is 2630. The molecule has 0 aliphatic rings. The molecule has 1 heterocycles. The summed E-state index contributed by atoms with van der Waals surface area (Å²) in [6.07, 6.45) is 1.82. The van der Waals surface area contributed by atoms with Crippen molar-refractivity contribution in [1.29, 1.82) is 0 Å². The molecule has 2 nitrogen and oxygen atoms in total. The van der Waals surface area contributed by atoms with Crippen molar-refractivity contribution in [3.05, 3.63) is 170 Å². The molecule has 0 bridgehead atoms. The first-order valence-electron chi connectivity index (χ1n) is 16.1. The van der Waals surface area contributed by atoms with Crippen LogP contribution in [0.15, 0.2) is 164 Å². The van der Waals surface area contributed by atoms with Gasteiger partial charge in [0.05, 0.1) is 5.69 Å². The number of fused-ring (bicyclic) bond motifs is 4. The lowest BCUT2D eigenvalue weighted by molar-refractivity contribution is 1.06. The van der Waals surface area contributed by atoms with Gasteiger partial charge in [-0.3, -0.25) is 0 Å². The van der Waals surface area contributed by atoms with E-state index in [2.05, 4.69) is 162 Å². The summed E-state index contributed by atoms with van der Waals surface area (Å²) in [5.74, 6) is 0.775. The van der Waals surface area contributed by atoms with Crippen molar-refractivity contribution in [2.24, 2.45) is 0 Å². The molecular formula is C45H30N2. The first kappa shape index (κ1) is 27.2. The monoisotopic (exact) mass is 598 g/mol. The third-order valence-electron chi connectivity index (χ3n) is 9.39. The Labute approximate surface area is 273 Å². The maximum atomic E-state index is 4.63. The van der Waals surface area contributed by atoms with E-state index in [1.807, 2.05) is 19.2 Å². The number of rotatable bonds is 4. The SMILES string of the molecule is Cc1nccc(-c2ccc(-c3ccc4c(-c5ccc6ccccc6c5)c5ccccc5c(-c5ccc6ccccc6c5)c4c3)cc2)n1. The number of nitrogens with zero attached hydrogens (tertiary/aromatic N) is 2. The first-order chi connectivity index (χ1) is 23.2. The Kier molecular flexibility index (Phi) is 6.39. The first-order valence-corrected chi connectivity index (χ1v) is 16.1. The highest BCUT2D eigenvalue weighted by Gasteiger charge is 2.18. The highest BCUT2D eigenvalue weighted by Crippen LogP contribution is 2.45. The molecular weight excluding hydrogens is 569 g/mol. The average molecular weight is 599 g/mol. The van der Waals surface area contributed by atoms with Gasteiger partial charge >= 0.3 is 0 Å². The molecule has 0 saturated heterocycles. The van der Waals surface area contributed by atoms with Gasteiger partial charge in [-0.15, -0.1) is 0 Å². The van der Waals surface area contributed by atoms with Crippen molar-refractivity contribution < 1.29 is 0 Å². The number of benzene rings is 8. The van der Waals surface area contributed by atoms with Crippen LogP contribution in [0, 0.1) is 6.92 Å². The molecule has 0 spiro atoms. The summed E-state index contributed by atoms with van der Waals surface area (Å²) in [7, 11) is 0. The van der Waals surface area contributed by atoms with E-state index >= 15 is 0 Å². The molecule has 9 aromatic rings. The van der Waals surface area contributed by atoms with Crippen LogP contribution >= 0.6 is 0 Å². The van der Waals surface area contributed by atoms with Gasteiger partial charge < -0.3 is 0 Å². The number of hydrogen-bond acceptors (Lipinski definition) is 2. The van der Waals surface area contributed by atoms with Crippen LogP contribution in [0.3, 0.4) is 0 Å². The van der Waals surface area contributed by atoms with Gasteiger partial charge in [-0.05, 0) is 108 Å². The standard InChI is InChI=1S/C45H30N2/c1-29-46-25-24-43(47-29)33-18-14-32(15-19-33)36-22-23-41-42(28-36)45(38-21-17-31-9-3-5-11-35(31)27-38)40-13-7-6-12-39(40)44(41)37-20-16-30-8-2-4-10-34(30)26-37/h2-28H,1H3. The van der Waals surface area contributed by atoms with Crippen LogP contribution < -0.4 is 0 Å². The van der Waals surface area contributed by atoms with E-state index in [1.165, 1.54) is 76.5 Å². The van der Waals surface area contributed by atoms with Crippen molar-refractivity contribution >= 4 is 43.1 Å². The van der Waals surface area contributed by atoms with Crippen molar-refractivity contribution in [1.82, 2.24) is 9.97 Å². The zero-order valence-corrected chi connectivity index (χ0v) is 26.0. The number of aromatic nitrogens is 2. The molecule has 0 saturated carbocycles. The molecule has 0 radical (unpaired) electrons. The Morgan fingerprint density at radius 2 is 0.851 bits per heavy atom. The summed E-state index contributed by atoms with van der Waals surface area (Å²) in [5, 5.41) is 10.00. The van der Waals surface area contributed by atoms with Crippen LogP contribution in [0.4, 0.5) is 0 Å². The second-order valence-corrected chi connectivity index (χ2v) is 12.2. The van der Waals surface area contributed by atoms with Gasteiger partial charge in [0, 0.05) is 11.8 Å². The summed E-state index contributed by atoms with van der Waals surface area (Å²) < 4.78 is 0. The minimum Gasteiger partial charge on any atom is -0.242 e. The fourth-order valence-corrected chi connectivity index (χ4v) is 7.12. The zero-order chi connectivity index (χ0) is 31.3. The normalized spacial score (nSPS) is 11.5. The molecule has 9 rings (SSSR count). The summed E-state index contributed by atoms with van der Waals surface area (Å²) in [6, 6.07) is 57.6. The second kappa shape index (κ2) is 11.0. The molecule has 0 amide bonds. The molecule has 8 aromatic carbocycles. The second-order valence-electron chi connectivity index (χ2n) is 12.2. The lowest BCUT2D eigenvalue weighted by Gasteiger charge is -2.19. The molecule has 0 atom stereocenters. The van der Waals surface area contributed by atoms with Gasteiger partial charge in [-0.2, -0.15) is 0 Å². The van der Waals surface area contributed by atoms with E-state index < -0.39 is 0 Å². The average Bonchev–Trinajstić information content (AvgIpc) is 3.13. The highest BCUT2D eigenvalue weighted by atomic mass is 14.9. The lowest BCUT2D eigenvalue weighted by atomic mass is 9.84. The van der Waals surface area contributed by atoms with Crippen molar-refractivity contribution in [3.63, 3.8) is 0 Å². The van der Waals surface area contributed by atoms with Crippen molar-refractivity contribution in [3.8, 4) is 44.6 Å². The van der Waals surface area contributed by atoms with Crippen LogP contribution in [-0.2, 0) is 0 Å². The molecule has 0 unspecified atom stereocenters. The van der Waals surface area contributed by atoms with Gasteiger partial charge in [0.2, 0.25) is 0 Å². The summed E-state index contributed by atoms with van der Waals surface area (Å²) in [4.78, 5) is 8.89. The molecule has 0 fully saturated rings. The largest absolute Gasteiger partial charge is 0.242 e. The Morgan fingerprint density at radius 3 is 1.47 bits per heavy atom. The van der Waals surface area contributed by atoms with E-state index in [-0.39, 0.29) is 0 Å². The van der Waals surface area contributed by atoms with Crippen molar-refractivity contribution in [2.75, 3.05) is 0 Å². The molecule has 220 valence electrons. The van der Waals surface area contributed by atoms with Crippen LogP contribution in [0.25, 0.3) is 87.7 Å². The third kappa shape index (κ3) is 4.74. The maximum Gasteiger partial charge on any atom is 0.125 e. The predicted octanol–water partition coefficient (Wildman–Crippen LogP) is 12.1. The van der Waals surface area contributed by atoms with Crippen LogP contribution in [-0.4, -0.2) is 9.97 Å². The topological polar surface area (TPSA) is 25.8 Å². The fourth-order valence-electron chi connectivity index (χ4n) is 7.12. The van der Waals surface area contributed by atoms with Gasteiger partial charge in [0.25, 0.3) is 0 Å². The summed E-state index contributed by atoms with van der Waals surface area (Å²) in [6.45, 7) is 1.93.